The number of hydrogen-bond donors (Lipinski definition) is 1. The zero-order valence-corrected chi connectivity index (χ0v) is 18.8. The molecule has 0 saturated heterocycles. The van der Waals surface area contributed by atoms with Gasteiger partial charge in [-0.2, -0.15) is 0 Å². The zero-order valence-electron chi connectivity index (χ0n) is 17.1. The van der Waals surface area contributed by atoms with Crippen LogP contribution in [0.15, 0.2) is 71.4 Å². The summed E-state index contributed by atoms with van der Waals surface area (Å²) in [5.41, 5.74) is 5.39. The number of Topliss-reactive ketones (excluding diaryl/α,β-unsaturated/α-hetero) is 1. The molecular formula is C25H22N2O2S2. The Morgan fingerprint density at radius 2 is 1.65 bits per heavy atom. The molecule has 6 heteroatoms. The molecule has 4 rings (SSSR count). The molecule has 0 aliphatic heterocycles. The average Bonchev–Trinajstić information content (AvgIpc) is 3.49. The standard InChI is InChI=1S/C25H22N2O2S2/c1-17-4-8-19(9-5-17)21-16-31-25(27-21)20-10-6-18(7-11-20)15-26-24(29)13-12-22(28)23-3-2-14-30-23/h2-11,14,16H,12-13,15H2,1H3,(H,26,29). The summed E-state index contributed by atoms with van der Waals surface area (Å²) < 4.78 is 0. The molecule has 156 valence electrons. The fourth-order valence-corrected chi connectivity index (χ4v) is 4.63. The molecule has 0 fully saturated rings. The first-order valence-electron chi connectivity index (χ1n) is 10.0. The van der Waals surface area contributed by atoms with E-state index in [9.17, 15) is 9.59 Å². The normalized spacial score (nSPS) is 10.7. The molecule has 4 nitrogen and oxygen atoms in total. The highest BCUT2D eigenvalue weighted by Gasteiger charge is 2.10. The van der Waals surface area contributed by atoms with E-state index in [1.165, 1.54) is 16.9 Å². The van der Waals surface area contributed by atoms with E-state index in [2.05, 4.69) is 41.9 Å². The van der Waals surface area contributed by atoms with Crippen LogP contribution in [0.4, 0.5) is 0 Å². The number of carbonyl (C=O) groups is 2. The summed E-state index contributed by atoms with van der Waals surface area (Å²) in [4.78, 5) is 29.5. The van der Waals surface area contributed by atoms with Gasteiger partial charge in [0.2, 0.25) is 5.91 Å². The predicted molar refractivity (Wildman–Crippen MR) is 127 cm³/mol. The van der Waals surface area contributed by atoms with Crippen LogP contribution in [0.2, 0.25) is 0 Å². The van der Waals surface area contributed by atoms with Crippen molar-refractivity contribution < 1.29 is 9.59 Å². The van der Waals surface area contributed by atoms with Gasteiger partial charge in [0.25, 0.3) is 0 Å². The Labute approximate surface area is 189 Å². The Morgan fingerprint density at radius 1 is 0.903 bits per heavy atom. The number of benzene rings is 2. The summed E-state index contributed by atoms with van der Waals surface area (Å²) in [7, 11) is 0. The third kappa shape index (κ3) is 5.54. The molecule has 0 spiro atoms. The lowest BCUT2D eigenvalue weighted by atomic mass is 10.1. The molecule has 0 radical (unpaired) electrons. The molecule has 0 unspecified atom stereocenters. The number of thiazole rings is 1. The van der Waals surface area contributed by atoms with Crippen molar-refractivity contribution in [3.05, 3.63) is 87.4 Å². The van der Waals surface area contributed by atoms with Crippen LogP contribution < -0.4 is 5.32 Å². The van der Waals surface area contributed by atoms with Crippen LogP contribution in [0.1, 0.15) is 33.6 Å². The van der Waals surface area contributed by atoms with E-state index in [4.69, 9.17) is 4.98 Å². The lowest BCUT2D eigenvalue weighted by molar-refractivity contribution is -0.121. The van der Waals surface area contributed by atoms with Crippen molar-refractivity contribution in [2.24, 2.45) is 0 Å². The van der Waals surface area contributed by atoms with Crippen molar-refractivity contribution >= 4 is 34.4 Å². The van der Waals surface area contributed by atoms with Gasteiger partial charge in [-0.05, 0) is 23.9 Å². The van der Waals surface area contributed by atoms with Crippen molar-refractivity contribution in [3.8, 4) is 21.8 Å². The van der Waals surface area contributed by atoms with E-state index in [1.54, 1.807) is 17.4 Å². The molecule has 0 bridgehead atoms. The highest BCUT2D eigenvalue weighted by Crippen LogP contribution is 2.29. The number of amides is 1. The molecule has 1 amide bonds. The number of nitrogens with zero attached hydrogens (tertiary/aromatic N) is 1. The molecule has 2 aromatic heterocycles. The lowest BCUT2D eigenvalue weighted by Gasteiger charge is -2.06. The molecule has 0 atom stereocenters. The van der Waals surface area contributed by atoms with Crippen molar-refractivity contribution in [1.29, 1.82) is 0 Å². The maximum absolute atomic E-state index is 12.1. The minimum absolute atomic E-state index is 0.0166. The largest absolute Gasteiger partial charge is 0.352 e. The summed E-state index contributed by atoms with van der Waals surface area (Å²) in [6.07, 6.45) is 0.439. The van der Waals surface area contributed by atoms with Crippen LogP contribution >= 0.6 is 22.7 Å². The monoisotopic (exact) mass is 446 g/mol. The van der Waals surface area contributed by atoms with Crippen LogP contribution in [-0.4, -0.2) is 16.7 Å². The number of aryl methyl sites for hydroxylation is 1. The van der Waals surface area contributed by atoms with E-state index in [0.717, 1.165) is 27.4 Å². The molecule has 4 aromatic rings. The topological polar surface area (TPSA) is 59.1 Å². The smallest absolute Gasteiger partial charge is 0.220 e. The minimum atomic E-state index is -0.114. The van der Waals surface area contributed by atoms with Crippen molar-refractivity contribution in [1.82, 2.24) is 10.3 Å². The Kier molecular flexibility index (Phi) is 6.70. The molecule has 0 aliphatic rings. The number of hydrogen-bond acceptors (Lipinski definition) is 5. The van der Waals surface area contributed by atoms with Gasteiger partial charge in [-0.3, -0.25) is 9.59 Å². The second-order valence-electron chi connectivity index (χ2n) is 7.28. The summed E-state index contributed by atoms with van der Waals surface area (Å²) >= 11 is 3.03. The molecule has 1 N–H and O–H groups in total. The van der Waals surface area contributed by atoms with Crippen molar-refractivity contribution in [2.45, 2.75) is 26.3 Å². The minimum Gasteiger partial charge on any atom is -0.352 e. The summed E-state index contributed by atoms with van der Waals surface area (Å²) in [5.74, 6) is -0.0976. The van der Waals surface area contributed by atoms with Gasteiger partial charge in [-0.1, -0.05) is 60.2 Å². The van der Waals surface area contributed by atoms with Gasteiger partial charge in [-0.25, -0.2) is 4.98 Å². The molecule has 31 heavy (non-hydrogen) atoms. The zero-order chi connectivity index (χ0) is 21.6. The molecule has 2 heterocycles. The number of aromatic nitrogens is 1. The van der Waals surface area contributed by atoms with E-state index in [1.807, 2.05) is 35.7 Å². The highest BCUT2D eigenvalue weighted by molar-refractivity contribution is 7.13. The predicted octanol–water partition coefficient (Wildman–Crippen LogP) is 6.13. The fraction of sp³-hybridized carbons (Fsp3) is 0.160. The first-order chi connectivity index (χ1) is 15.1. The number of rotatable bonds is 8. The summed E-state index contributed by atoms with van der Waals surface area (Å²) in [6.45, 7) is 2.52. The van der Waals surface area contributed by atoms with Crippen molar-refractivity contribution in [3.63, 3.8) is 0 Å². The number of ketones is 1. The van der Waals surface area contributed by atoms with E-state index < -0.39 is 0 Å². The van der Waals surface area contributed by atoms with Crippen LogP contribution in [0.25, 0.3) is 21.8 Å². The summed E-state index contributed by atoms with van der Waals surface area (Å²) in [5, 5.41) is 7.80. The maximum atomic E-state index is 12.1. The average molecular weight is 447 g/mol. The number of carbonyl (C=O) groups excluding carboxylic acids is 2. The third-order valence-electron chi connectivity index (χ3n) is 4.92. The van der Waals surface area contributed by atoms with Crippen LogP contribution in [0.5, 0.6) is 0 Å². The number of thiophene rings is 1. The molecule has 0 saturated carbocycles. The Morgan fingerprint density at radius 3 is 2.35 bits per heavy atom. The Hall–Kier alpha value is -3.09. The molecule has 2 aromatic carbocycles. The molecule has 0 aliphatic carbocycles. The maximum Gasteiger partial charge on any atom is 0.220 e. The van der Waals surface area contributed by atoms with Gasteiger partial charge in [0.15, 0.2) is 5.78 Å². The Bertz CT molecular complexity index is 1160. The van der Waals surface area contributed by atoms with E-state index in [0.29, 0.717) is 11.4 Å². The lowest BCUT2D eigenvalue weighted by Crippen LogP contribution is -2.23. The third-order valence-corrected chi connectivity index (χ3v) is 6.72. The SMILES string of the molecule is Cc1ccc(-c2csc(-c3ccc(CNC(=O)CCC(=O)c4cccs4)cc3)n2)cc1. The summed E-state index contributed by atoms with van der Waals surface area (Å²) in [6, 6.07) is 20.1. The first kappa shape index (κ1) is 21.2. The van der Waals surface area contributed by atoms with Gasteiger partial charge in [0.05, 0.1) is 10.6 Å². The second kappa shape index (κ2) is 9.81. The van der Waals surface area contributed by atoms with Gasteiger partial charge in [0, 0.05) is 35.9 Å². The highest BCUT2D eigenvalue weighted by atomic mass is 32.1. The number of nitrogens with one attached hydrogen (secondary N) is 1. The second-order valence-corrected chi connectivity index (χ2v) is 9.08. The van der Waals surface area contributed by atoms with Gasteiger partial charge in [0.1, 0.15) is 5.01 Å². The van der Waals surface area contributed by atoms with Gasteiger partial charge >= 0.3 is 0 Å². The van der Waals surface area contributed by atoms with Crippen LogP contribution in [0.3, 0.4) is 0 Å². The molecular weight excluding hydrogens is 424 g/mol. The van der Waals surface area contributed by atoms with E-state index >= 15 is 0 Å². The fourth-order valence-electron chi connectivity index (χ4n) is 3.10. The van der Waals surface area contributed by atoms with Crippen LogP contribution in [0, 0.1) is 6.92 Å². The van der Waals surface area contributed by atoms with Gasteiger partial charge in [-0.15, -0.1) is 22.7 Å². The van der Waals surface area contributed by atoms with Crippen LogP contribution in [-0.2, 0) is 11.3 Å². The first-order valence-corrected chi connectivity index (χ1v) is 11.8. The quantitative estimate of drug-likeness (QED) is 0.331. The van der Waals surface area contributed by atoms with Gasteiger partial charge < -0.3 is 5.32 Å². The van der Waals surface area contributed by atoms with E-state index in [-0.39, 0.29) is 24.5 Å². The Balaban J connectivity index is 1.30. The van der Waals surface area contributed by atoms with Crippen molar-refractivity contribution in [2.75, 3.05) is 0 Å².